The van der Waals surface area contributed by atoms with Crippen LogP contribution in [0.15, 0.2) is 17.6 Å². The van der Waals surface area contributed by atoms with E-state index >= 15 is 0 Å². The molecule has 0 atom stereocenters. The van der Waals surface area contributed by atoms with Crippen LogP contribution in [0.3, 0.4) is 0 Å². The first-order valence-corrected chi connectivity index (χ1v) is 7.27. The summed E-state index contributed by atoms with van der Waals surface area (Å²) in [5, 5.41) is 8.41. The van der Waals surface area contributed by atoms with Crippen molar-refractivity contribution in [2.45, 2.75) is 33.1 Å². The molecule has 1 aliphatic rings. The first kappa shape index (κ1) is 12.3. The number of aryl methyl sites for hydroxylation is 1. The van der Waals surface area contributed by atoms with Crippen molar-refractivity contribution in [3.05, 3.63) is 39.6 Å². The van der Waals surface area contributed by atoms with Crippen LogP contribution in [0.1, 0.15) is 42.2 Å². The second-order valence-electron chi connectivity index (χ2n) is 5.64. The summed E-state index contributed by atoms with van der Waals surface area (Å²) in [6, 6.07) is 4.18. The molecule has 0 aromatic carbocycles. The van der Waals surface area contributed by atoms with Crippen LogP contribution in [-0.4, -0.2) is 15.2 Å². The van der Waals surface area contributed by atoms with Gasteiger partial charge >= 0.3 is 0 Å². The van der Waals surface area contributed by atoms with Crippen LogP contribution in [0.2, 0.25) is 0 Å². The highest BCUT2D eigenvalue weighted by molar-refractivity contribution is 7.09. The maximum atomic E-state index is 4.66. The molecule has 0 saturated carbocycles. The minimum Gasteiger partial charge on any atom is -0.244 e. The van der Waals surface area contributed by atoms with E-state index in [-0.39, 0.29) is 0 Å². The summed E-state index contributed by atoms with van der Waals surface area (Å²) in [4.78, 5) is 4.66. The van der Waals surface area contributed by atoms with Gasteiger partial charge < -0.3 is 0 Å². The third-order valence-corrected chi connectivity index (χ3v) is 4.04. The largest absolute Gasteiger partial charge is 0.244 e. The summed E-state index contributed by atoms with van der Waals surface area (Å²) >= 11 is 1.45. The summed E-state index contributed by atoms with van der Waals surface area (Å²) in [5.41, 5.74) is 5.50. The Kier molecular flexibility index (Phi) is 3.08. The molecule has 2 aromatic rings. The van der Waals surface area contributed by atoms with Crippen molar-refractivity contribution < 1.29 is 0 Å². The van der Waals surface area contributed by atoms with Gasteiger partial charge in [0.05, 0.1) is 0 Å². The van der Waals surface area contributed by atoms with Gasteiger partial charge in [-0.25, -0.2) is 4.98 Å². The monoisotopic (exact) mass is 269 g/mol. The molecule has 19 heavy (non-hydrogen) atoms. The average molecular weight is 269 g/mol. The lowest BCUT2D eigenvalue weighted by molar-refractivity contribution is 0.312. The molecule has 0 saturated heterocycles. The molecular formula is C15H15N3S. The molecule has 2 heterocycles. The highest BCUT2D eigenvalue weighted by atomic mass is 32.1. The Morgan fingerprint density at radius 1 is 1.26 bits per heavy atom. The van der Waals surface area contributed by atoms with E-state index in [0.717, 1.165) is 23.5 Å². The fraction of sp³-hybridized carbons (Fsp3) is 0.400. The molecule has 0 unspecified atom stereocenters. The highest BCUT2D eigenvalue weighted by Gasteiger charge is 2.25. The second-order valence-corrected chi connectivity index (χ2v) is 6.47. The van der Waals surface area contributed by atoms with Crippen molar-refractivity contribution in [1.82, 2.24) is 15.2 Å². The number of aromatic nitrogens is 3. The van der Waals surface area contributed by atoms with Gasteiger partial charge in [-0.05, 0) is 48.1 Å². The Labute approximate surface area is 117 Å². The third kappa shape index (κ3) is 2.82. The van der Waals surface area contributed by atoms with Crippen LogP contribution in [-0.2, 0) is 12.8 Å². The highest BCUT2D eigenvalue weighted by Crippen LogP contribution is 2.33. The van der Waals surface area contributed by atoms with Gasteiger partial charge in [0.1, 0.15) is 11.2 Å². The lowest BCUT2D eigenvalue weighted by atomic mass is 9.76. The zero-order valence-electron chi connectivity index (χ0n) is 11.1. The molecule has 0 spiro atoms. The van der Waals surface area contributed by atoms with Gasteiger partial charge in [-0.2, -0.15) is 0 Å². The Morgan fingerprint density at radius 3 is 2.95 bits per heavy atom. The van der Waals surface area contributed by atoms with Gasteiger partial charge in [0.2, 0.25) is 0 Å². The van der Waals surface area contributed by atoms with Gasteiger partial charge in [0.25, 0.3) is 0 Å². The Bertz CT molecular complexity index is 648. The van der Waals surface area contributed by atoms with Crippen LogP contribution in [0.4, 0.5) is 0 Å². The number of pyridine rings is 1. The van der Waals surface area contributed by atoms with Crippen molar-refractivity contribution in [3.8, 4) is 11.8 Å². The van der Waals surface area contributed by atoms with Crippen molar-refractivity contribution in [1.29, 1.82) is 0 Å². The zero-order valence-corrected chi connectivity index (χ0v) is 11.9. The average Bonchev–Trinajstić information content (AvgIpc) is 2.88. The predicted octanol–water partition coefficient (Wildman–Crippen LogP) is 2.85. The van der Waals surface area contributed by atoms with Gasteiger partial charge in [-0.1, -0.05) is 31.3 Å². The van der Waals surface area contributed by atoms with Crippen molar-refractivity contribution in [2.75, 3.05) is 0 Å². The summed E-state index contributed by atoms with van der Waals surface area (Å²) < 4.78 is 0. The predicted molar refractivity (Wildman–Crippen MR) is 75.9 cm³/mol. The van der Waals surface area contributed by atoms with Crippen molar-refractivity contribution in [3.63, 3.8) is 0 Å². The van der Waals surface area contributed by atoms with Crippen LogP contribution in [0, 0.1) is 17.3 Å². The van der Waals surface area contributed by atoms with E-state index in [0.29, 0.717) is 5.41 Å². The molecule has 0 amide bonds. The van der Waals surface area contributed by atoms with Gasteiger partial charge in [-0.15, -0.1) is 10.2 Å². The van der Waals surface area contributed by atoms with E-state index in [1.165, 1.54) is 29.0 Å². The molecule has 4 heteroatoms. The molecule has 0 N–H and O–H groups in total. The van der Waals surface area contributed by atoms with E-state index in [9.17, 15) is 0 Å². The molecule has 3 rings (SSSR count). The van der Waals surface area contributed by atoms with Gasteiger partial charge in [-0.3, -0.25) is 0 Å². The smallest absolute Gasteiger partial charge is 0.191 e. The molecule has 3 nitrogen and oxygen atoms in total. The minimum absolute atomic E-state index is 0.397. The SMILES string of the molecule is CC1(C)CCc2nc(C#Cc3nncs3)ccc2C1. The van der Waals surface area contributed by atoms with Gasteiger partial charge in [0.15, 0.2) is 5.01 Å². The number of hydrogen-bond donors (Lipinski definition) is 0. The van der Waals surface area contributed by atoms with Crippen LogP contribution < -0.4 is 0 Å². The van der Waals surface area contributed by atoms with E-state index in [1.54, 1.807) is 5.51 Å². The summed E-state index contributed by atoms with van der Waals surface area (Å²) in [6.45, 7) is 4.64. The number of hydrogen-bond acceptors (Lipinski definition) is 4. The lowest BCUT2D eigenvalue weighted by Crippen LogP contribution is -2.23. The molecule has 0 radical (unpaired) electrons. The first-order valence-electron chi connectivity index (χ1n) is 6.39. The number of nitrogens with zero attached hydrogens (tertiary/aromatic N) is 3. The lowest BCUT2D eigenvalue weighted by Gasteiger charge is -2.30. The quantitative estimate of drug-likeness (QED) is 0.690. The molecule has 96 valence electrons. The van der Waals surface area contributed by atoms with E-state index < -0.39 is 0 Å². The Hall–Kier alpha value is -1.73. The van der Waals surface area contributed by atoms with Crippen molar-refractivity contribution >= 4 is 11.3 Å². The van der Waals surface area contributed by atoms with Crippen LogP contribution >= 0.6 is 11.3 Å². The van der Waals surface area contributed by atoms with E-state index in [1.807, 2.05) is 6.07 Å². The standard InChI is InChI=1S/C15H15N3S/c1-15(2)8-7-13-11(9-15)3-4-12(17-13)5-6-14-18-16-10-19-14/h3-4,10H,7-9H2,1-2H3. The van der Waals surface area contributed by atoms with Crippen LogP contribution in [0.5, 0.6) is 0 Å². The maximum Gasteiger partial charge on any atom is 0.191 e. The van der Waals surface area contributed by atoms with E-state index in [2.05, 4.69) is 46.9 Å². The molecule has 1 aliphatic carbocycles. The molecule has 0 bridgehead atoms. The fourth-order valence-electron chi connectivity index (χ4n) is 2.38. The second kappa shape index (κ2) is 4.75. The number of rotatable bonds is 0. The van der Waals surface area contributed by atoms with Crippen LogP contribution in [0.25, 0.3) is 0 Å². The normalized spacial score (nSPS) is 16.3. The van der Waals surface area contributed by atoms with E-state index in [4.69, 9.17) is 0 Å². The fourth-order valence-corrected chi connectivity index (χ4v) is 2.78. The number of fused-ring (bicyclic) bond motifs is 1. The third-order valence-electron chi connectivity index (χ3n) is 3.43. The Morgan fingerprint density at radius 2 is 2.16 bits per heavy atom. The Balaban J connectivity index is 1.87. The molecule has 0 aliphatic heterocycles. The zero-order chi connectivity index (χ0) is 13.3. The summed E-state index contributed by atoms with van der Waals surface area (Å²) in [5.74, 6) is 6.06. The topological polar surface area (TPSA) is 38.7 Å². The van der Waals surface area contributed by atoms with Crippen molar-refractivity contribution in [2.24, 2.45) is 5.41 Å². The molecular weight excluding hydrogens is 254 g/mol. The first-order chi connectivity index (χ1) is 9.12. The maximum absolute atomic E-state index is 4.66. The minimum atomic E-state index is 0.397. The summed E-state index contributed by atoms with van der Waals surface area (Å²) in [6.07, 6.45) is 3.36. The van der Waals surface area contributed by atoms with Gasteiger partial charge in [0, 0.05) is 5.69 Å². The summed E-state index contributed by atoms with van der Waals surface area (Å²) in [7, 11) is 0. The molecule has 2 aromatic heterocycles. The molecule has 0 fully saturated rings.